The standard InChI is InChI=1S/C2H4Cl3O4P.Na/c3-2(4,5)1-9-10(6,7)8;/h1H2,(H2,6,7,8);. The number of hydrogen-bond donors (Lipinski definition) is 2. The second-order valence-corrected chi connectivity index (χ2v) is 5.13. The molecule has 0 aromatic rings. The number of rotatable bonds is 2. The molecule has 0 unspecified atom stereocenters. The van der Waals surface area contributed by atoms with Crippen molar-refractivity contribution in [2.24, 2.45) is 0 Å². The Morgan fingerprint density at radius 2 is 1.73 bits per heavy atom. The van der Waals surface area contributed by atoms with Crippen LogP contribution in [0.15, 0.2) is 0 Å². The van der Waals surface area contributed by atoms with Crippen molar-refractivity contribution >= 4 is 72.2 Å². The van der Waals surface area contributed by atoms with Gasteiger partial charge in [-0.1, -0.05) is 34.8 Å². The topological polar surface area (TPSA) is 66.8 Å². The Morgan fingerprint density at radius 1 is 1.36 bits per heavy atom. The van der Waals surface area contributed by atoms with Gasteiger partial charge in [-0.2, -0.15) is 0 Å². The van der Waals surface area contributed by atoms with Gasteiger partial charge >= 0.3 is 7.82 Å². The Hall–Kier alpha value is 1.98. The van der Waals surface area contributed by atoms with Gasteiger partial charge in [0.15, 0.2) is 0 Å². The van der Waals surface area contributed by atoms with Crippen LogP contribution in [-0.4, -0.2) is 49.7 Å². The van der Waals surface area contributed by atoms with Gasteiger partial charge in [0.05, 0.1) is 0 Å². The predicted octanol–water partition coefficient (Wildman–Crippen LogP) is 1.09. The van der Waals surface area contributed by atoms with Crippen molar-refractivity contribution in [1.29, 1.82) is 0 Å². The van der Waals surface area contributed by atoms with Gasteiger partial charge in [0.25, 0.3) is 0 Å². The van der Waals surface area contributed by atoms with Crippen molar-refractivity contribution in [1.82, 2.24) is 0 Å². The van der Waals surface area contributed by atoms with Gasteiger partial charge in [-0.3, -0.25) is 4.52 Å². The van der Waals surface area contributed by atoms with Gasteiger partial charge in [-0.05, 0) is 0 Å². The summed E-state index contributed by atoms with van der Waals surface area (Å²) in [4.78, 5) is 16.2. The van der Waals surface area contributed by atoms with Crippen LogP contribution in [0.4, 0.5) is 0 Å². The average molecular weight is 252 g/mol. The van der Waals surface area contributed by atoms with Crippen LogP contribution in [0, 0.1) is 0 Å². The number of hydrogen-bond acceptors (Lipinski definition) is 2. The number of halogens is 3. The van der Waals surface area contributed by atoms with E-state index in [-0.39, 0.29) is 29.6 Å². The first-order valence-corrected chi connectivity index (χ1v) is 4.64. The molecule has 0 aliphatic heterocycles. The van der Waals surface area contributed by atoms with E-state index in [9.17, 15) is 4.57 Å². The van der Waals surface area contributed by atoms with Crippen LogP contribution in [-0.2, 0) is 9.09 Å². The molecule has 0 spiro atoms. The van der Waals surface area contributed by atoms with E-state index in [0.717, 1.165) is 0 Å². The summed E-state index contributed by atoms with van der Waals surface area (Å²) in [5.74, 6) is 0. The van der Waals surface area contributed by atoms with Crippen LogP contribution in [0.25, 0.3) is 0 Å². The Bertz CT molecular complexity index is 152. The Morgan fingerprint density at radius 3 is 1.82 bits per heavy atom. The summed E-state index contributed by atoms with van der Waals surface area (Å²) in [6.45, 7) is -0.637. The maximum Gasteiger partial charge on any atom is 0.469 e. The van der Waals surface area contributed by atoms with Crippen LogP contribution < -0.4 is 0 Å². The van der Waals surface area contributed by atoms with Gasteiger partial charge in [0, 0.05) is 29.6 Å². The summed E-state index contributed by atoms with van der Waals surface area (Å²) in [6.07, 6.45) is 0. The quantitative estimate of drug-likeness (QED) is 0.438. The molecule has 63 valence electrons. The van der Waals surface area contributed by atoms with Gasteiger partial charge < -0.3 is 9.79 Å². The van der Waals surface area contributed by atoms with E-state index in [2.05, 4.69) is 4.52 Å². The second kappa shape index (κ2) is 5.66. The zero-order valence-corrected chi connectivity index (χ0v) is 10.7. The predicted molar refractivity (Wildman–Crippen MR) is 44.0 cm³/mol. The smallest absolute Gasteiger partial charge is 0.303 e. The Kier molecular flexibility index (Phi) is 7.95. The average Bonchev–Trinajstić information content (AvgIpc) is 1.57. The third kappa shape index (κ3) is 14.8. The van der Waals surface area contributed by atoms with Crippen LogP contribution in [0.5, 0.6) is 0 Å². The fourth-order valence-electron chi connectivity index (χ4n) is 0.157. The van der Waals surface area contributed by atoms with E-state index < -0.39 is 18.2 Å². The SMILES string of the molecule is O=P(O)(O)OCC(Cl)(Cl)Cl.[Na]. The Labute approximate surface area is 101 Å². The maximum absolute atomic E-state index is 9.97. The van der Waals surface area contributed by atoms with Crippen molar-refractivity contribution in [2.45, 2.75) is 3.79 Å². The van der Waals surface area contributed by atoms with Crippen LogP contribution in [0.1, 0.15) is 0 Å². The number of phosphoric acid groups is 1. The van der Waals surface area contributed by atoms with E-state index in [1.54, 1.807) is 0 Å². The van der Waals surface area contributed by atoms with E-state index in [1.165, 1.54) is 0 Å². The first kappa shape index (κ1) is 15.5. The van der Waals surface area contributed by atoms with Crippen molar-refractivity contribution < 1.29 is 18.9 Å². The minimum atomic E-state index is -4.52. The van der Waals surface area contributed by atoms with E-state index >= 15 is 0 Å². The van der Waals surface area contributed by atoms with E-state index in [0.29, 0.717) is 0 Å². The summed E-state index contributed by atoms with van der Waals surface area (Å²) in [5, 5.41) is 0. The van der Waals surface area contributed by atoms with Crippen molar-refractivity contribution in [3.8, 4) is 0 Å². The van der Waals surface area contributed by atoms with Gasteiger partial charge in [0.2, 0.25) is 3.79 Å². The van der Waals surface area contributed by atoms with Crippen LogP contribution in [0.2, 0.25) is 0 Å². The molecule has 0 aromatic heterocycles. The molecule has 0 rings (SSSR count). The van der Waals surface area contributed by atoms with Crippen LogP contribution >= 0.6 is 42.6 Å². The number of alkyl halides is 3. The van der Waals surface area contributed by atoms with Crippen molar-refractivity contribution in [2.75, 3.05) is 6.61 Å². The van der Waals surface area contributed by atoms with Crippen molar-refractivity contribution in [3.05, 3.63) is 0 Å². The third-order valence-corrected chi connectivity index (χ3v) is 1.19. The van der Waals surface area contributed by atoms with E-state index in [4.69, 9.17) is 44.6 Å². The van der Waals surface area contributed by atoms with Crippen LogP contribution in [0.3, 0.4) is 0 Å². The maximum atomic E-state index is 9.97. The molecule has 0 aromatic carbocycles. The molecule has 0 saturated carbocycles. The molecule has 0 amide bonds. The summed E-state index contributed by atoms with van der Waals surface area (Å²) in [5.41, 5.74) is 0. The van der Waals surface area contributed by atoms with Gasteiger partial charge in [-0.15, -0.1) is 0 Å². The zero-order chi connectivity index (χ0) is 8.41. The summed E-state index contributed by atoms with van der Waals surface area (Å²) in [6, 6.07) is 0. The minimum Gasteiger partial charge on any atom is -0.303 e. The molecule has 4 nitrogen and oxygen atoms in total. The molecule has 0 fully saturated rings. The third-order valence-electron chi connectivity index (χ3n) is 0.396. The molecule has 0 aliphatic rings. The second-order valence-electron chi connectivity index (χ2n) is 1.38. The first-order chi connectivity index (χ1) is 4.21. The fourth-order valence-corrected chi connectivity index (χ4v) is 0.911. The van der Waals surface area contributed by atoms with Gasteiger partial charge in [0.1, 0.15) is 6.61 Å². The van der Waals surface area contributed by atoms with Gasteiger partial charge in [-0.25, -0.2) is 4.57 Å². The first-order valence-electron chi connectivity index (χ1n) is 1.97. The summed E-state index contributed by atoms with van der Waals surface area (Å²) in [7, 11) is -4.52. The normalized spacial score (nSPS) is 12.5. The molecular weight excluding hydrogens is 248 g/mol. The largest absolute Gasteiger partial charge is 0.469 e. The molecule has 9 heteroatoms. The minimum absolute atomic E-state index is 0. The summed E-state index contributed by atoms with van der Waals surface area (Å²) >= 11 is 15.3. The molecule has 11 heavy (non-hydrogen) atoms. The molecule has 0 aliphatic carbocycles. The fraction of sp³-hybridized carbons (Fsp3) is 1.00. The monoisotopic (exact) mass is 251 g/mol. The Balaban J connectivity index is 0. The number of phosphoric ester groups is 1. The zero-order valence-electron chi connectivity index (χ0n) is 5.50. The molecule has 0 atom stereocenters. The van der Waals surface area contributed by atoms with E-state index in [1.807, 2.05) is 0 Å². The summed E-state index contributed by atoms with van der Waals surface area (Å²) < 4.78 is 12.0. The molecule has 2 N–H and O–H groups in total. The van der Waals surface area contributed by atoms with Crippen molar-refractivity contribution in [3.63, 3.8) is 0 Å². The molecule has 1 radical (unpaired) electrons. The molecule has 0 saturated heterocycles. The molecular formula is C2H4Cl3NaO4P. The molecule has 0 bridgehead atoms. The molecule has 0 heterocycles.